The standard InChI is InChI=1S/C77H84ClN8O12PS/c1-49(2)86(50(3)4)99(95-42-16-35-79)98-65-46-69(96-66(65)48-94-77(54-20-8-7-9-21-54,55-25-30-58(92-5)31-26-55)56-27-32-59(93-6)33-28-56)84-47-53(74(88)81-75(84)89)17-10-11-24-68(87)80-36-41-85-76(62-34-29-57(78)45-67(62)100(85,90)91)63-43-51-18-12-37-82-39-14-22-60(70(51)82)72(63)97-73-61-23-15-40-83-38-13-19-52(71(61)83)44-64(73)76/h7-9,20-21,25-34,43-45,47,49-50,65-66,69H,11-16,18-19,22-24,36-42,46,48H2,1-6H3,(H,80,87)(H,81,88,89)/t65-,66-,69-,99?/m1/s1. The summed E-state index contributed by atoms with van der Waals surface area (Å²) in [7, 11) is -2.88. The smallest absolute Gasteiger partial charge is 0.330 e. The average Bonchev–Trinajstić information content (AvgIpc) is 1.45. The summed E-state index contributed by atoms with van der Waals surface area (Å²) in [6.45, 7) is 11.9. The van der Waals surface area contributed by atoms with Gasteiger partial charge in [-0.1, -0.05) is 84.1 Å². The highest BCUT2D eigenvalue weighted by Gasteiger charge is 2.61. The van der Waals surface area contributed by atoms with Crippen LogP contribution in [0.15, 0.2) is 130 Å². The van der Waals surface area contributed by atoms with Gasteiger partial charge in [-0.05, 0) is 155 Å². The molecule has 14 rings (SSSR count). The molecule has 4 atom stereocenters. The zero-order chi connectivity index (χ0) is 69.6. The number of nitriles is 1. The number of benzene rings is 6. The Bertz CT molecular complexity index is 4470. The van der Waals surface area contributed by atoms with Gasteiger partial charge in [-0.15, -0.1) is 0 Å². The van der Waals surface area contributed by atoms with Gasteiger partial charge in [0.2, 0.25) is 15.9 Å². The first-order valence-electron chi connectivity index (χ1n) is 34.9. The summed E-state index contributed by atoms with van der Waals surface area (Å²) < 4.78 is 82.8. The predicted octanol–water partition coefficient (Wildman–Crippen LogP) is 11.9. The van der Waals surface area contributed by atoms with Gasteiger partial charge in [-0.2, -0.15) is 9.57 Å². The number of anilines is 2. The molecule has 1 amide bonds. The van der Waals surface area contributed by atoms with Crippen molar-refractivity contribution in [3.05, 3.63) is 202 Å². The number of hydrogen-bond acceptors (Lipinski definition) is 16. The van der Waals surface area contributed by atoms with Crippen molar-refractivity contribution in [2.45, 2.75) is 151 Å². The normalized spacial score (nSPS) is 19.4. The Balaban J connectivity index is 0.742. The van der Waals surface area contributed by atoms with E-state index < -0.39 is 59.4 Å². The molecule has 7 aromatic rings. The van der Waals surface area contributed by atoms with E-state index in [4.69, 9.17) is 44.3 Å². The van der Waals surface area contributed by atoms with E-state index in [0.717, 1.165) is 128 Å². The average molecular weight is 1410 g/mol. The molecule has 1 spiro atoms. The van der Waals surface area contributed by atoms with Crippen LogP contribution in [0.4, 0.5) is 11.4 Å². The number of aryl methyl sites for hydroxylation is 2. The van der Waals surface area contributed by atoms with Gasteiger partial charge in [0, 0.05) is 121 Å². The van der Waals surface area contributed by atoms with Gasteiger partial charge in [0.25, 0.3) is 14.1 Å². The number of H-pyrrole nitrogens is 1. The fraction of sp³-hybridized carbons (Fsp3) is 0.429. The molecule has 7 aliphatic heterocycles. The molecule has 2 N–H and O–H groups in total. The molecule has 1 fully saturated rings. The summed E-state index contributed by atoms with van der Waals surface area (Å²) >= 11 is 6.76. The van der Waals surface area contributed by atoms with Crippen molar-refractivity contribution in [1.82, 2.24) is 23.8 Å². The molecule has 20 nitrogen and oxygen atoms in total. The number of sulfonamides is 1. The lowest BCUT2D eigenvalue weighted by molar-refractivity contribution is -0.121. The second-order valence-electron chi connectivity index (χ2n) is 27.1. The van der Waals surface area contributed by atoms with Gasteiger partial charge in [-0.3, -0.25) is 19.1 Å². The summed E-state index contributed by atoms with van der Waals surface area (Å²) in [5.74, 6) is 8.32. The minimum atomic E-state index is -4.28. The van der Waals surface area contributed by atoms with Crippen molar-refractivity contribution in [2.75, 3.05) is 76.5 Å². The highest BCUT2D eigenvalue weighted by atomic mass is 35.5. The van der Waals surface area contributed by atoms with E-state index in [1.165, 1.54) is 33.3 Å². The zero-order valence-corrected chi connectivity index (χ0v) is 59.8. The summed E-state index contributed by atoms with van der Waals surface area (Å²) in [5.41, 5.74) is 7.55. The monoisotopic (exact) mass is 1410 g/mol. The Morgan fingerprint density at radius 1 is 0.790 bits per heavy atom. The lowest BCUT2D eigenvalue weighted by Crippen LogP contribution is -2.50. The number of amides is 1. The topological polar surface area (TPSA) is 219 Å². The summed E-state index contributed by atoms with van der Waals surface area (Å²) in [5, 5.41) is 12.9. The van der Waals surface area contributed by atoms with Gasteiger partial charge in [-0.25, -0.2) is 17.9 Å². The number of nitrogens with zero attached hydrogens (tertiary/aromatic N) is 6. The molecule has 0 saturated carbocycles. The third kappa shape index (κ3) is 12.5. The van der Waals surface area contributed by atoms with Crippen LogP contribution >= 0.6 is 20.1 Å². The summed E-state index contributed by atoms with van der Waals surface area (Å²) in [6.07, 6.45) is 6.09. The molecule has 6 aromatic carbocycles. The van der Waals surface area contributed by atoms with Crippen LogP contribution in [0.5, 0.6) is 23.0 Å². The number of ether oxygens (including phenoxy) is 5. The van der Waals surface area contributed by atoms with E-state index >= 15 is 8.42 Å². The number of aromatic amines is 1. The van der Waals surface area contributed by atoms with Crippen LogP contribution in [0.3, 0.4) is 0 Å². The maximum Gasteiger partial charge on any atom is 0.330 e. The number of carbonyl (C=O) groups excluding carboxylic acids is 1. The Kier molecular flexibility index (Phi) is 19.9. The SMILES string of the molecule is COc1ccc(C(OC[C@H]2O[C@@H](n3cc(C#CCCC(=O)NCCN4C5(c6ccc(Cl)cc6S4(=O)=O)c4cc6c7c(c4Oc4c5cc5c8c4CCCN8CCC5)CCCN7CCC6)c(=O)[nH]c3=O)C[C@H]2OP(OCCC#N)N(C(C)C)C(C)C)(c2ccccc2)c2ccc(OC)cc2)cc1. The lowest BCUT2D eigenvalue weighted by atomic mass is 9.70. The molecule has 23 heteroatoms. The molecule has 1 saturated heterocycles. The molecule has 0 radical (unpaired) electrons. The Labute approximate surface area is 590 Å². The Hall–Kier alpha value is -8.05. The molecule has 0 aliphatic carbocycles. The van der Waals surface area contributed by atoms with Gasteiger partial charge in [0.1, 0.15) is 52.0 Å². The first-order chi connectivity index (χ1) is 48.5. The van der Waals surface area contributed by atoms with Crippen LogP contribution in [-0.2, 0) is 70.2 Å². The van der Waals surface area contributed by atoms with Crippen molar-refractivity contribution in [3.8, 4) is 40.9 Å². The van der Waals surface area contributed by atoms with Gasteiger partial charge in [0.05, 0.1) is 50.9 Å². The van der Waals surface area contributed by atoms with Crippen molar-refractivity contribution < 1.29 is 45.9 Å². The molecule has 7 aliphatic rings. The quantitative estimate of drug-likeness (QED) is 0.0279. The third-order valence-corrected chi connectivity index (χ3v) is 24.8. The second kappa shape index (κ2) is 28.8. The number of aromatic nitrogens is 2. The van der Waals surface area contributed by atoms with Crippen molar-refractivity contribution in [2.24, 2.45) is 0 Å². The molecule has 522 valence electrons. The van der Waals surface area contributed by atoms with Gasteiger partial charge in [0.15, 0.2) is 0 Å². The second-order valence-corrected chi connectivity index (χ2v) is 30.8. The van der Waals surface area contributed by atoms with E-state index in [0.29, 0.717) is 22.1 Å². The zero-order valence-electron chi connectivity index (χ0n) is 57.3. The van der Waals surface area contributed by atoms with Gasteiger partial charge < -0.3 is 47.8 Å². The summed E-state index contributed by atoms with van der Waals surface area (Å²) in [6, 6.07) is 37.0. The molecule has 1 aromatic heterocycles. The third-order valence-electron chi connectivity index (χ3n) is 20.5. The lowest BCUT2D eigenvalue weighted by Gasteiger charge is -2.48. The van der Waals surface area contributed by atoms with Crippen LogP contribution in [0, 0.1) is 23.2 Å². The van der Waals surface area contributed by atoms with Crippen molar-refractivity contribution in [3.63, 3.8) is 0 Å². The van der Waals surface area contributed by atoms with E-state index in [2.05, 4.69) is 54.8 Å². The molecule has 100 heavy (non-hydrogen) atoms. The summed E-state index contributed by atoms with van der Waals surface area (Å²) in [4.78, 5) is 49.5. The maximum absolute atomic E-state index is 15.6. The maximum atomic E-state index is 15.6. The van der Waals surface area contributed by atoms with E-state index in [-0.39, 0.29) is 80.4 Å². The molecule has 1 unspecified atom stereocenters. The Morgan fingerprint density at radius 3 is 1.96 bits per heavy atom. The van der Waals surface area contributed by atoms with E-state index in [1.807, 2.05) is 113 Å². The molecule has 8 heterocycles. The van der Waals surface area contributed by atoms with Crippen LogP contribution in [0.2, 0.25) is 5.02 Å². The van der Waals surface area contributed by atoms with Crippen molar-refractivity contribution >= 4 is 47.4 Å². The van der Waals surface area contributed by atoms with Crippen LogP contribution in [-0.4, -0.2) is 124 Å². The molecular formula is C77H84ClN8O12PS. The van der Waals surface area contributed by atoms with E-state index in [9.17, 15) is 19.6 Å². The predicted molar refractivity (Wildman–Crippen MR) is 383 cm³/mol. The number of hydrogen-bond donors (Lipinski definition) is 2. The largest absolute Gasteiger partial charge is 0.497 e. The first kappa shape index (κ1) is 69.1. The minimum Gasteiger partial charge on any atom is -0.497 e. The highest BCUT2D eigenvalue weighted by Crippen LogP contribution is 2.64. The Morgan fingerprint density at radius 2 is 1.38 bits per heavy atom. The van der Waals surface area contributed by atoms with Crippen LogP contribution < -0.4 is 40.6 Å². The van der Waals surface area contributed by atoms with E-state index in [1.54, 1.807) is 30.7 Å². The minimum absolute atomic E-state index is 0.0204. The molecule has 0 bridgehead atoms. The fourth-order valence-corrected chi connectivity index (χ4v) is 20.3. The number of methoxy groups -OCH3 is 2. The van der Waals surface area contributed by atoms with Crippen LogP contribution in [0.25, 0.3) is 0 Å². The number of halogens is 1. The number of rotatable bonds is 22. The number of carbonyl (C=O) groups is 1. The highest BCUT2D eigenvalue weighted by molar-refractivity contribution is 7.89. The fourth-order valence-electron chi connectivity index (χ4n) is 16.3. The number of nitrogens with one attached hydrogen (secondary N) is 2. The first-order valence-corrected chi connectivity index (χ1v) is 37.8. The van der Waals surface area contributed by atoms with Crippen LogP contribution in [0.1, 0.15) is 146 Å². The van der Waals surface area contributed by atoms with Crippen molar-refractivity contribution in [1.29, 1.82) is 5.26 Å². The molecular weight excluding hydrogens is 1330 g/mol. The van der Waals surface area contributed by atoms with Gasteiger partial charge >= 0.3 is 5.69 Å². The number of fused-ring (bicyclic) bond motifs is 8.